The molecule has 3 N–H and O–H groups in total. The monoisotopic (exact) mass is 294 g/mol. The van der Waals surface area contributed by atoms with Crippen LogP contribution < -0.4 is 20.7 Å². The highest BCUT2D eigenvalue weighted by molar-refractivity contribution is 5.80. The average Bonchev–Trinajstić information content (AvgIpc) is 2.37. The lowest BCUT2D eigenvalue weighted by Crippen LogP contribution is -2.36. The number of nitrogens with two attached hydrogens (primary N) is 1. The van der Waals surface area contributed by atoms with Gasteiger partial charge in [-0.15, -0.1) is 0 Å². The molecule has 0 aliphatic heterocycles. The molecule has 1 amide bonds. The number of aromatic nitrogens is 1. The van der Waals surface area contributed by atoms with E-state index < -0.39 is 0 Å². The SMILES string of the molecule is CCCNC(=O)CN(C)c1ccc(N)c(OC(C)(C)C)n1. The summed E-state index contributed by atoms with van der Waals surface area (Å²) in [5.74, 6) is 1.01. The lowest BCUT2D eigenvalue weighted by Gasteiger charge is -2.23. The van der Waals surface area contributed by atoms with Gasteiger partial charge in [0, 0.05) is 13.6 Å². The first-order valence-corrected chi connectivity index (χ1v) is 7.16. The van der Waals surface area contributed by atoms with Crippen molar-refractivity contribution in [2.45, 2.75) is 39.7 Å². The Morgan fingerprint density at radius 3 is 2.67 bits per heavy atom. The molecule has 0 saturated heterocycles. The van der Waals surface area contributed by atoms with Crippen molar-refractivity contribution in [1.82, 2.24) is 10.3 Å². The van der Waals surface area contributed by atoms with Gasteiger partial charge in [-0.1, -0.05) is 6.92 Å². The minimum atomic E-state index is -0.378. The maximum atomic E-state index is 11.7. The number of nitrogens with zero attached hydrogens (tertiary/aromatic N) is 2. The van der Waals surface area contributed by atoms with Crippen LogP contribution in [0.15, 0.2) is 12.1 Å². The van der Waals surface area contributed by atoms with Crippen molar-refractivity contribution in [3.8, 4) is 5.88 Å². The molecule has 0 bridgehead atoms. The fourth-order valence-electron chi connectivity index (χ4n) is 1.64. The Bertz CT molecular complexity index is 483. The molecule has 1 rings (SSSR count). The Morgan fingerprint density at radius 2 is 2.10 bits per heavy atom. The summed E-state index contributed by atoms with van der Waals surface area (Å²) in [4.78, 5) is 17.9. The highest BCUT2D eigenvalue weighted by atomic mass is 16.5. The molecule has 0 spiro atoms. The second-order valence-corrected chi connectivity index (χ2v) is 5.98. The van der Waals surface area contributed by atoms with Crippen LogP contribution >= 0.6 is 0 Å². The highest BCUT2D eigenvalue weighted by Crippen LogP contribution is 2.25. The number of hydrogen-bond acceptors (Lipinski definition) is 5. The molecule has 1 aromatic rings. The number of anilines is 2. The molecule has 118 valence electrons. The molecule has 1 aromatic heterocycles. The predicted octanol–water partition coefficient (Wildman–Crippen LogP) is 1.80. The van der Waals surface area contributed by atoms with Crippen LogP contribution in [0.1, 0.15) is 34.1 Å². The fourth-order valence-corrected chi connectivity index (χ4v) is 1.64. The third kappa shape index (κ3) is 5.89. The zero-order valence-electron chi connectivity index (χ0n) is 13.6. The van der Waals surface area contributed by atoms with E-state index in [0.29, 0.717) is 23.9 Å². The number of ether oxygens (including phenoxy) is 1. The van der Waals surface area contributed by atoms with Gasteiger partial charge in [-0.2, -0.15) is 4.98 Å². The third-order valence-electron chi connectivity index (χ3n) is 2.62. The third-order valence-corrected chi connectivity index (χ3v) is 2.62. The van der Waals surface area contributed by atoms with E-state index in [2.05, 4.69) is 10.3 Å². The molecule has 0 saturated carbocycles. The quantitative estimate of drug-likeness (QED) is 0.836. The Hall–Kier alpha value is -1.98. The van der Waals surface area contributed by atoms with E-state index in [1.807, 2.05) is 34.7 Å². The van der Waals surface area contributed by atoms with Crippen molar-refractivity contribution in [3.05, 3.63) is 12.1 Å². The van der Waals surface area contributed by atoms with Crippen molar-refractivity contribution in [1.29, 1.82) is 0 Å². The second-order valence-electron chi connectivity index (χ2n) is 5.98. The zero-order valence-corrected chi connectivity index (χ0v) is 13.6. The summed E-state index contributed by atoms with van der Waals surface area (Å²) in [5, 5.41) is 2.83. The van der Waals surface area contributed by atoms with Gasteiger partial charge in [0.2, 0.25) is 11.8 Å². The summed E-state index contributed by atoms with van der Waals surface area (Å²) in [5.41, 5.74) is 5.98. The first-order chi connectivity index (χ1) is 9.73. The number of nitrogen functional groups attached to an aromatic ring is 1. The maximum absolute atomic E-state index is 11.7. The molecule has 0 aliphatic rings. The molecule has 6 nitrogen and oxygen atoms in total. The smallest absolute Gasteiger partial charge is 0.239 e. The standard InChI is InChI=1S/C15H26N4O2/c1-6-9-17-13(20)10-19(5)12-8-7-11(16)14(18-12)21-15(2,3)4/h7-8H,6,9-10,16H2,1-5H3,(H,17,20). The van der Waals surface area contributed by atoms with Crippen molar-refractivity contribution >= 4 is 17.4 Å². The topological polar surface area (TPSA) is 80.5 Å². The Morgan fingerprint density at radius 1 is 1.43 bits per heavy atom. The van der Waals surface area contributed by atoms with Crippen LogP contribution in [0, 0.1) is 0 Å². The van der Waals surface area contributed by atoms with Crippen LogP contribution in [0.25, 0.3) is 0 Å². The van der Waals surface area contributed by atoms with Crippen molar-refractivity contribution in [2.24, 2.45) is 0 Å². The molecule has 0 atom stereocenters. The van der Waals surface area contributed by atoms with Gasteiger partial charge in [0.1, 0.15) is 11.4 Å². The van der Waals surface area contributed by atoms with E-state index >= 15 is 0 Å². The molecule has 6 heteroatoms. The summed E-state index contributed by atoms with van der Waals surface area (Å²) in [7, 11) is 1.81. The van der Waals surface area contributed by atoms with Gasteiger partial charge >= 0.3 is 0 Å². The van der Waals surface area contributed by atoms with Crippen LogP contribution in [-0.2, 0) is 4.79 Å². The Kier molecular flexibility index (Phi) is 5.81. The van der Waals surface area contributed by atoms with E-state index in [-0.39, 0.29) is 18.1 Å². The van der Waals surface area contributed by atoms with E-state index in [1.165, 1.54) is 0 Å². The lowest BCUT2D eigenvalue weighted by molar-refractivity contribution is -0.119. The molecule has 0 aromatic carbocycles. The molecule has 0 fully saturated rings. The average molecular weight is 294 g/mol. The number of hydrogen-bond donors (Lipinski definition) is 2. The first kappa shape index (κ1) is 17.1. The molecule has 21 heavy (non-hydrogen) atoms. The second kappa shape index (κ2) is 7.15. The van der Waals surface area contributed by atoms with Gasteiger partial charge in [0.15, 0.2) is 0 Å². The Labute approximate surface area is 126 Å². The van der Waals surface area contributed by atoms with E-state index in [1.54, 1.807) is 17.0 Å². The number of nitrogens with one attached hydrogen (secondary N) is 1. The van der Waals surface area contributed by atoms with Gasteiger partial charge < -0.3 is 20.7 Å². The number of pyridine rings is 1. The maximum Gasteiger partial charge on any atom is 0.239 e. The summed E-state index contributed by atoms with van der Waals surface area (Å²) in [6, 6.07) is 3.52. The van der Waals surface area contributed by atoms with Crippen LogP contribution in [0.4, 0.5) is 11.5 Å². The number of likely N-dealkylation sites (N-methyl/N-ethyl adjacent to an activating group) is 1. The van der Waals surface area contributed by atoms with Gasteiger partial charge in [-0.05, 0) is 39.3 Å². The fraction of sp³-hybridized carbons (Fsp3) is 0.600. The van der Waals surface area contributed by atoms with E-state index in [0.717, 1.165) is 6.42 Å². The predicted molar refractivity (Wildman–Crippen MR) is 85.6 cm³/mol. The number of rotatable bonds is 6. The molecular formula is C15H26N4O2. The van der Waals surface area contributed by atoms with Crippen molar-refractivity contribution in [2.75, 3.05) is 30.8 Å². The minimum absolute atomic E-state index is 0.0312. The van der Waals surface area contributed by atoms with Crippen molar-refractivity contribution < 1.29 is 9.53 Å². The molecule has 0 unspecified atom stereocenters. The van der Waals surface area contributed by atoms with Crippen molar-refractivity contribution in [3.63, 3.8) is 0 Å². The van der Waals surface area contributed by atoms with E-state index in [4.69, 9.17) is 10.5 Å². The van der Waals surface area contributed by atoms with Gasteiger partial charge in [0.05, 0.1) is 12.2 Å². The van der Waals surface area contributed by atoms with E-state index in [9.17, 15) is 4.79 Å². The number of amides is 1. The van der Waals surface area contributed by atoms with Crippen LogP contribution in [-0.4, -0.2) is 36.6 Å². The number of carbonyl (C=O) groups excluding carboxylic acids is 1. The lowest BCUT2D eigenvalue weighted by atomic mass is 10.2. The highest BCUT2D eigenvalue weighted by Gasteiger charge is 2.17. The Balaban J connectivity index is 2.79. The van der Waals surface area contributed by atoms with Gasteiger partial charge in [-0.25, -0.2) is 0 Å². The van der Waals surface area contributed by atoms with Crippen LogP contribution in [0.3, 0.4) is 0 Å². The summed E-state index contributed by atoms with van der Waals surface area (Å²) in [6.07, 6.45) is 0.916. The largest absolute Gasteiger partial charge is 0.470 e. The molecule has 0 radical (unpaired) electrons. The molecule has 0 aliphatic carbocycles. The number of carbonyl (C=O) groups is 1. The molecular weight excluding hydrogens is 268 g/mol. The van der Waals surface area contributed by atoms with Crippen LogP contribution in [0.2, 0.25) is 0 Å². The van der Waals surface area contributed by atoms with Gasteiger partial charge in [-0.3, -0.25) is 4.79 Å². The van der Waals surface area contributed by atoms with Crippen LogP contribution in [0.5, 0.6) is 5.88 Å². The summed E-state index contributed by atoms with van der Waals surface area (Å²) >= 11 is 0. The minimum Gasteiger partial charge on any atom is -0.470 e. The first-order valence-electron chi connectivity index (χ1n) is 7.16. The molecule has 1 heterocycles. The summed E-state index contributed by atoms with van der Waals surface area (Å²) in [6.45, 7) is 8.74. The normalized spacial score (nSPS) is 11.1. The zero-order chi connectivity index (χ0) is 16.0. The van der Waals surface area contributed by atoms with Gasteiger partial charge in [0.25, 0.3) is 0 Å². The summed E-state index contributed by atoms with van der Waals surface area (Å²) < 4.78 is 5.73.